The lowest BCUT2D eigenvalue weighted by molar-refractivity contribution is -0.116. The Kier molecular flexibility index (Phi) is 8.01. The first-order valence-electron chi connectivity index (χ1n) is 14.2. The lowest BCUT2D eigenvalue weighted by Crippen LogP contribution is -2.27. The van der Waals surface area contributed by atoms with Crippen molar-refractivity contribution in [1.82, 2.24) is 39.9 Å². The first-order valence-corrected chi connectivity index (χ1v) is 14.2. The normalized spacial score (nSPS) is 11.6. The highest BCUT2D eigenvalue weighted by atomic mass is 19.1. The fourth-order valence-corrected chi connectivity index (χ4v) is 5.05. The molecule has 1 aromatic carbocycles. The fraction of sp³-hybridized carbons (Fsp3) is 0.219. The summed E-state index contributed by atoms with van der Waals surface area (Å²) in [4.78, 5) is 33.4. The summed E-state index contributed by atoms with van der Waals surface area (Å²) in [6.07, 6.45) is 5.02. The number of likely N-dealkylation sites (N-methyl/N-ethyl adjacent to an activating group) is 2. The van der Waals surface area contributed by atoms with Crippen molar-refractivity contribution in [2.24, 2.45) is 0 Å². The number of aromatic nitrogens is 6. The number of nitrogens with zero attached hydrogens (tertiary/aromatic N) is 6. The number of anilines is 2. The number of carbonyl (C=O) groups excluding carboxylic acids is 1. The molecule has 0 aliphatic carbocycles. The number of aromatic amines is 2. The highest BCUT2D eigenvalue weighted by Gasteiger charge is 2.17. The Morgan fingerprint density at radius 3 is 2.57 bits per heavy atom. The van der Waals surface area contributed by atoms with Crippen molar-refractivity contribution >= 4 is 39.2 Å². The molecule has 0 spiro atoms. The fourth-order valence-electron chi connectivity index (χ4n) is 5.05. The number of hydrogen-bond donors (Lipinski definition) is 4. The van der Waals surface area contributed by atoms with Gasteiger partial charge in [-0.05, 0) is 76.7 Å². The first-order chi connectivity index (χ1) is 21.2. The maximum absolute atomic E-state index is 14.7. The number of halogens is 1. The summed E-state index contributed by atoms with van der Waals surface area (Å²) in [7, 11) is 7.67. The molecule has 0 saturated heterocycles. The second-order valence-electron chi connectivity index (χ2n) is 11.2. The second kappa shape index (κ2) is 12.2. The predicted octanol–water partition coefficient (Wildman–Crippen LogP) is 4.84. The van der Waals surface area contributed by atoms with Crippen molar-refractivity contribution in [1.29, 1.82) is 0 Å². The third-order valence-corrected chi connectivity index (χ3v) is 7.05. The molecular formula is C32H33FN10O. The number of amides is 1. The van der Waals surface area contributed by atoms with E-state index in [1.165, 1.54) is 12.1 Å². The van der Waals surface area contributed by atoms with E-state index in [1.807, 2.05) is 64.6 Å². The minimum absolute atomic E-state index is 0.128. The number of fused-ring (bicyclic) bond motifs is 2. The van der Waals surface area contributed by atoms with Gasteiger partial charge in [0.15, 0.2) is 0 Å². The lowest BCUT2D eigenvalue weighted by Gasteiger charge is -2.12. The van der Waals surface area contributed by atoms with Crippen LogP contribution < -0.4 is 10.6 Å². The predicted molar refractivity (Wildman–Crippen MR) is 172 cm³/mol. The Hall–Kier alpha value is -5.20. The van der Waals surface area contributed by atoms with Gasteiger partial charge in [0.2, 0.25) is 5.91 Å². The van der Waals surface area contributed by atoms with E-state index in [-0.39, 0.29) is 18.3 Å². The van der Waals surface area contributed by atoms with Crippen molar-refractivity contribution in [3.05, 3.63) is 72.9 Å². The average molecular weight is 593 g/mol. The first kappa shape index (κ1) is 28.9. The Bertz CT molecular complexity index is 1960. The maximum atomic E-state index is 14.7. The van der Waals surface area contributed by atoms with Crippen LogP contribution in [0.1, 0.15) is 0 Å². The lowest BCUT2D eigenvalue weighted by atomic mass is 10.1. The van der Waals surface area contributed by atoms with Gasteiger partial charge in [-0.15, -0.1) is 0 Å². The molecule has 0 bridgehead atoms. The summed E-state index contributed by atoms with van der Waals surface area (Å²) in [5.74, 6) is -0.465. The minimum Gasteiger partial charge on any atom is -0.384 e. The van der Waals surface area contributed by atoms with E-state index >= 15 is 0 Å². The highest BCUT2D eigenvalue weighted by molar-refractivity contribution is 5.99. The molecule has 0 aliphatic rings. The summed E-state index contributed by atoms with van der Waals surface area (Å²) < 4.78 is 14.7. The van der Waals surface area contributed by atoms with Crippen LogP contribution in [-0.4, -0.2) is 93.7 Å². The molecule has 6 aromatic rings. The molecule has 4 N–H and O–H groups in total. The third-order valence-electron chi connectivity index (χ3n) is 7.05. The zero-order chi connectivity index (χ0) is 30.8. The summed E-state index contributed by atoms with van der Waals surface area (Å²) in [5.41, 5.74) is 7.72. The van der Waals surface area contributed by atoms with Gasteiger partial charge in [0.1, 0.15) is 17.0 Å². The van der Waals surface area contributed by atoms with Crippen LogP contribution in [0.3, 0.4) is 0 Å². The quantitative estimate of drug-likeness (QED) is 0.178. The van der Waals surface area contributed by atoms with Gasteiger partial charge < -0.3 is 25.4 Å². The Labute approximate surface area is 253 Å². The zero-order valence-electron chi connectivity index (χ0n) is 24.9. The van der Waals surface area contributed by atoms with Crippen molar-refractivity contribution < 1.29 is 9.18 Å². The van der Waals surface area contributed by atoms with Crippen LogP contribution in [-0.2, 0) is 4.79 Å². The van der Waals surface area contributed by atoms with E-state index in [4.69, 9.17) is 4.98 Å². The number of hydrogen-bond acceptors (Lipinski definition) is 8. The van der Waals surface area contributed by atoms with Gasteiger partial charge in [-0.25, -0.2) is 9.37 Å². The average Bonchev–Trinajstić information content (AvgIpc) is 3.60. The molecule has 11 nitrogen and oxygen atoms in total. The molecule has 0 radical (unpaired) electrons. The monoisotopic (exact) mass is 592 g/mol. The van der Waals surface area contributed by atoms with E-state index in [1.54, 1.807) is 23.5 Å². The number of benzene rings is 1. The number of carbonyl (C=O) groups is 1. The molecule has 5 aromatic heterocycles. The molecule has 0 fully saturated rings. The highest BCUT2D eigenvalue weighted by Crippen LogP contribution is 2.34. The Morgan fingerprint density at radius 2 is 1.75 bits per heavy atom. The van der Waals surface area contributed by atoms with Crippen molar-refractivity contribution in [3.8, 4) is 33.9 Å². The molecule has 12 heteroatoms. The Balaban J connectivity index is 1.33. The third kappa shape index (κ3) is 6.26. The van der Waals surface area contributed by atoms with Gasteiger partial charge in [-0.2, -0.15) is 5.10 Å². The molecule has 1 amide bonds. The van der Waals surface area contributed by atoms with Crippen molar-refractivity contribution in [2.75, 3.05) is 58.5 Å². The number of H-pyrrole nitrogens is 2. The number of nitrogens with one attached hydrogen (secondary N) is 4. The van der Waals surface area contributed by atoms with Crippen LogP contribution in [0.15, 0.2) is 67.1 Å². The molecule has 44 heavy (non-hydrogen) atoms. The molecular weight excluding hydrogens is 559 g/mol. The van der Waals surface area contributed by atoms with Crippen molar-refractivity contribution in [3.63, 3.8) is 0 Å². The van der Waals surface area contributed by atoms with Gasteiger partial charge in [0, 0.05) is 53.2 Å². The van der Waals surface area contributed by atoms with Crippen molar-refractivity contribution in [2.45, 2.75) is 0 Å². The summed E-state index contributed by atoms with van der Waals surface area (Å²) in [6.45, 7) is 1.78. The van der Waals surface area contributed by atoms with Crippen LogP contribution in [0, 0.1) is 5.82 Å². The van der Waals surface area contributed by atoms with E-state index < -0.39 is 0 Å². The topological polar surface area (TPSA) is 131 Å². The molecule has 6 rings (SSSR count). The zero-order valence-corrected chi connectivity index (χ0v) is 24.9. The molecule has 0 unspecified atom stereocenters. The second-order valence-corrected chi connectivity index (χ2v) is 11.2. The molecule has 224 valence electrons. The van der Waals surface area contributed by atoms with Crippen LogP contribution >= 0.6 is 0 Å². The van der Waals surface area contributed by atoms with Crippen LogP contribution in [0.25, 0.3) is 55.8 Å². The number of rotatable bonds is 10. The summed E-state index contributed by atoms with van der Waals surface area (Å²) >= 11 is 0. The van der Waals surface area contributed by atoms with Gasteiger partial charge in [-0.3, -0.25) is 19.9 Å². The molecule has 5 heterocycles. The smallest absolute Gasteiger partial charge is 0.238 e. The largest absolute Gasteiger partial charge is 0.384 e. The SMILES string of the molecule is CN(C)CCNc1cc(F)cc(-c2nccc3[nH]c(-c4n[nH]c5ccc(-c6cncc(NC(=O)CN(C)C)c6)nc45)cc23)c1. The standard InChI is InChI=1S/C32H33FN10O/c1-42(2)10-9-35-22-12-19(11-21(33)14-22)30-24-15-28(38-26(24)7-8-36-30)32-31-27(40-41-32)6-5-25(39-31)20-13-23(17-34-16-20)37-29(44)18-43(3)4/h5-8,11-17,35,38H,9-10,18H2,1-4H3,(H,37,44)(H,40,41). The molecule has 0 atom stereocenters. The maximum Gasteiger partial charge on any atom is 0.238 e. The molecule has 0 saturated carbocycles. The van der Waals surface area contributed by atoms with Gasteiger partial charge >= 0.3 is 0 Å². The van der Waals surface area contributed by atoms with Crippen LogP contribution in [0.4, 0.5) is 15.8 Å². The minimum atomic E-state index is -0.338. The van der Waals surface area contributed by atoms with Gasteiger partial charge in [0.05, 0.1) is 41.0 Å². The van der Waals surface area contributed by atoms with E-state index in [0.717, 1.165) is 34.2 Å². The van der Waals surface area contributed by atoms with E-state index in [0.29, 0.717) is 46.1 Å². The van der Waals surface area contributed by atoms with E-state index in [2.05, 4.69) is 40.7 Å². The Morgan fingerprint density at radius 1 is 0.909 bits per heavy atom. The van der Waals surface area contributed by atoms with Crippen LogP contribution in [0.5, 0.6) is 0 Å². The number of pyridine rings is 3. The van der Waals surface area contributed by atoms with Gasteiger partial charge in [-0.1, -0.05) is 0 Å². The summed E-state index contributed by atoms with van der Waals surface area (Å²) in [5, 5.41) is 14.6. The van der Waals surface area contributed by atoms with Gasteiger partial charge in [0.25, 0.3) is 0 Å². The molecule has 0 aliphatic heterocycles. The summed E-state index contributed by atoms with van der Waals surface area (Å²) in [6, 6.07) is 14.4. The van der Waals surface area contributed by atoms with Crippen LogP contribution in [0.2, 0.25) is 0 Å². The van der Waals surface area contributed by atoms with E-state index in [9.17, 15) is 9.18 Å².